The number of carbonyl (C=O) groups is 1. The van der Waals surface area contributed by atoms with Gasteiger partial charge in [0.25, 0.3) is 0 Å². The van der Waals surface area contributed by atoms with Crippen LogP contribution in [-0.4, -0.2) is 37.4 Å². The molecule has 0 aliphatic carbocycles. The summed E-state index contributed by atoms with van der Waals surface area (Å²) in [7, 11) is 1.67. The number of ether oxygens (including phenoxy) is 1. The van der Waals surface area contributed by atoms with Crippen molar-refractivity contribution in [3.8, 4) is 5.75 Å². The number of hydrogen-bond acceptors (Lipinski definition) is 3. The Morgan fingerprint density at radius 3 is 2.30 bits per heavy atom. The first-order chi connectivity index (χ1) is 9.65. The van der Waals surface area contributed by atoms with Gasteiger partial charge in [-0.1, -0.05) is 20.8 Å². The van der Waals surface area contributed by atoms with Crippen molar-refractivity contribution in [2.24, 2.45) is 0 Å². The van der Waals surface area contributed by atoms with Crippen LogP contribution in [0.4, 0.5) is 0 Å². The van der Waals surface area contributed by atoms with Gasteiger partial charge >= 0.3 is 0 Å². The summed E-state index contributed by atoms with van der Waals surface area (Å²) in [6, 6.07) is 5.74. The van der Waals surface area contributed by atoms with Gasteiger partial charge in [-0.05, 0) is 56.1 Å². The monoisotopic (exact) mass is 277 g/mol. The van der Waals surface area contributed by atoms with Crippen LogP contribution in [0.3, 0.4) is 0 Å². The third-order valence-corrected chi connectivity index (χ3v) is 3.43. The van der Waals surface area contributed by atoms with Gasteiger partial charge in [-0.3, -0.25) is 9.69 Å². The maximum atomic E-state index is 12.4. The zero-order chi connectivity index (χ0) is 15.0. The van der Waals surface area contributed by atoms with Gasteiger partial charge in [0.05, 0.1) is 13.7 Å². The van der Waals surface area contributed by atoms with Crippen molar-refractivity contribution in [2.75, 3.05) is 26.7 Å². The standard InChI is InChI=1S/C17H27NO2/c1-5-10-18(11-6-2)13-16(19)15-8-9-17(20-4)14(7-3)12-15/h8-9,12H,5-7,10-11,13H2,1-4H3. The Morgan fingerprint density at radius 1 is 1.15 bits per heavy atom. The number of Topliss-reactive ketones (excluding diaryl/α,β-unsaturated/α-hetero) is 1. The molecule has 0 radical (unpaired) electrons. The molecule has 20 heavy (non-hydrogen) atoms. The lowest BCUT2D eigenvalue weighted by atomic mass is 10.0. The SMILES string of the molecule is CCCN(CCC)CC(=O)c1ccc(OC)c(CC)c1. The number of rotatable bonds is 9. The lowest BCUT2D eigenvalue weighted by Crippen LogP contribution is -2.31. The molecule has 3 heteroatoms. The van der Waals surface area contributed by atoms with E-state index in [1.54, 1.807) is 7.11 Å². The van der Waals surface area contributed by atoms with Crippen LogP contribution in [0.2, 0.25) is 0 Å². The van der Waals surface area contributed by atoms with Gasteiger partial charge < -0.3 is 4.74 Å². The van der Waals surface area contributed by atoms with Gasteiger partial charge in [0.15, 0.2) is 5.78 Å². The topological polar surface area (TPSA) is 29.5 Å². The highest BCUT2D eigenvalue weighted by molar-refractivity contribution is 5.98. The number of methoxy groups -OCH3 is 1. The molecule has 0 N–H and O–H groups in total. The molecule has 0 saturated carbocycles. The molecular weight excluding hydrogens is 250 g/mol. The van der Waals surface area contributed by atoms with Crippen molar-refractivity contribution in [1.82, 2.24) is 4.90 Å². The molecule has 0 unspecified atom stereocenters. The van der Waals surface area contributed by atoms with Gasteiger partial charge in [0.2, 0.25) is 0 Å². The molecule has 0 spiro atoms. The molecule has 0 aliphatic heterocycles. The summed E-state index contributed by atoms with van der Waals surface area (Å²) in [5.41, 5.74) is 1.88. The Balaban J connectivity index is 2.80. The average Bonchev–Trinajstić information content (AvgIpc) is 2.46. The Labute approximate surface area is 122 Å². The van der Waals surface area contributed by atoms with E-state index >= 15 is 0 Å². The van der Waals surface area contributed by atoms with Crippen LogP contribution in [0.15, 0.2) is 18.2 Å². The fourth-order valence-electron chi connectivity index (χ4n) is 2.43. The predicted octanol–water partition coefficient (Wildman–Crippen LogP) is 3.56. The Morgan fingerprint density at radius 2 is 1.80 bits per heavy atom. The number of aryl methyl sites for hydroxylation is 1. The van der Waals surface area contributed by atoms with Crippen molar-refractivity contribution < 1.29 is 9.53 Å². The normalized spacial score (nSPS) is 10.8. The highest BCUT2D eigenvalue weighted by atomic mass is 16.5. The maximum Gasteiger partial charge on any atom is 0.176 e. The van der Waals surface area contributed by atoms with Crippen LogP contribution in [0, 0.1) is 0 Å². The second kappa shape index (κ2) is 8.75. The van der Waals surface area contributed by atoms with Crippen LogP contribution in [0.25, 0.3) is 0 Å². The summed E-state index contributed by atoms with van der Waals surface area (Å²) in [5.74, 6) is 1.06. The lowest BCUT2D eigenvalue weighted by molar-refractivity contribution is 0.0930. The minimum absolute atomic E-state index is 0.198. The number of carbonyl (C=O) groups excluding carboxylic acids is 1. The second-order valence-electron chi connectivity index (χ2n) is 5.08. The molecule has 0 heterocycles. The van der Waals surface area contributed by atoms with Crippen LogP contribution in [0.1, 0.15) is 49.5 Å². The summed E-state index contributed by atoms with van der Waals surface area (Å²) >= 11 is 0. The first-order valence-electron chi connectivity index (χ1n) is 7.58. The second-order valence-corrected chi connectivity index (χ2v) is 5.08. The average molecular weight is 277 g/mol. The highest BCUT2D eigenvalue weighted by Crippen LogP contribution is 2.20. The summed E-state index contributed by atoms with van der Waals surface area (Å²) in [6.45, 7) is 8.85. The number of benzene rings is 1. The van der Waals surface area contributed by atoms with Gasteiger partial charge in [-0.15, -0.1) is 0 Å². The van der Waals surface area contributed by atoms with E-state index in [1.807, 2.05) is 18.2 Å². The minimum Gasteiger partial charge on any atom is -0.496 e. The molecule has 0 aromatic heterocycles. The molecule has 1 aromatic carbocycles. The van der Waals surface area contributed by atoms with Crippen LogP contribution < -0.4 is 4.74 Å². The molecule has 0 fully saturated rings. The molecule has 112 valence electrons. The summed E-state index contributed by atoms with van der Waals surface area (Å²) < 4.78 is 5.31. The fourth-order valence-corrected chi connectivity index (χ4v) is 2.43. The molecule has 0 bridgehead atoms. The van der Waals surface area contributed by atoms with Crippen molar-refractivity contribution in [3.63, 3.8) is 0 Å². The van der Waals surface area contributed by atoms with Crippen molar-refractivity contribution in [2.45, 2.75) is 40.0 Å². The first kappa shape index (κ1) is 16.7. The van der Waals surface area contributed by atoms with Gasteiger partial charge in [0, 0.05) is 5.56 Å². The number of nitrogens with zero attached hydrogens (tertiary/aromatic N) is 1. The van der Waals surface area contributed by atoms with Crippen LogP contribution >= 0.6 is 0 Å². The van der Waals surface area contributed by atoms with E-state index in [0.29, 0.717) is 6.54 Å². The minimum atomic E-state index is 0.198. The zero-order valence-corrected chi connectivity index (χ0v) is 13.2. The van der Waals surface area contributed by atoms with Crippen LogP contribution in [-0.2, 0) is 6.42 Å². The van der Waals surface area contributed by atoms with E-state index in [-0.39, 0.29) is 5.78 Å². The van der Waals surface area contributed by atoms with Crippen molar-refractivity contribution in [3.05, 3.63) is 29.3 Å². The number of ketones is 1. The molecule has 0 saturated heterocycles. The number of hydrogen-bond donors (Lipinski definition) is 0. The molecule has 0 amide bonds. The smallest absolute Gasteiger partial charge is 0.176 e. The van der Waals surface area contributed by atoms with E-state index in [0.717, 1.165) is 49.2 Å². The van der Waals surface area contributed by atoms with Crippen LogP contribution in [0.5, 0.6) is 5.75 Å². The van der Waals surface area contributed by atoms with Gasteiger partial charge in [-0.25, -0.2) is 0 Å². The van der Waals surface area contributed by atoms with E-state index in [2.05, 4.69) is 25.7 Å². The van der Waals surface area contributed by atoms with E-state index in [4.69, 9.17) is 4.74 Å². The Bertz CT molecular complexity index is 423. The lowest BCUT2D eigenvalue weighted by Gasteiger charge is -2.20. The van der Waals surface area contributed by atoms with Gasteiger partial charge in [-0.2, -0.15) is 0 Å². The predicted molar refractivity (Wildman–Crippen MR) is 83.7 cm³/mol. The molecule has 1 rings (SSSR count). The molecule has 1 aromatic rings. The quantitative estimate of drug-likeness (QED) is 0.646. The third kappa shape index (κ3) is 4.64. The zero-order valence-electron chi connectivity index (χ0n) is 13.2. The van der Waals surface area contributed by atoms with E-state index in [9.17, 15) is 4.79 Å². The third-order valence-electron chi connectivity index (χ3n) is 3.43. The Kier molecular flexibility index (Phi) is 7.31. The molecule has 0 atom stereocenters. The summed E-state index contributed by atoms with van der Waals surface area (Å²) in [6.07, 6.45) is 3.03. The largest absolute Gasteiger partial charge is 0.496 e. The molecular formula is C17H27NO2. The summed E-state index contributed by atoms with van der Waals surface area (Å²) in [4.78, 5) is 14.6. The van der Waals surface area contributed by atoms with Crippen molar-refractivity contribution >= 4 is 5.78 Å². The highest BCUT2D eigenvalue weighted by Gasteiger charge is 2.13. The van der Waals surface area contributed by atoms with Gasteiger partial charge in [0.1, 0.15) is 5.75 Å². The van der Waals surface area contributed by atoms with E-state index < -0.39 is 0 Å². The van der Waals surface area contributed by atoms with E-state index in [1.165, 1.54) is 0 Å². The molecule has 3 nitrogen and oxygen atoms in total. The Hall–Kier alpha value is -1.35. The fraction of sp³-hybridized carbons (Fsp3) is 0.588. The first-order valence-corrected chi connectivity index (χ1v) is 7.58. The maximum absolute atomic E-state index is 12.4. The molecule has 0 aliphatic rings. The van der Waals surface area contributed by atoms with Crippen molar-refractivity contribution in [1.29, 1.82) is 0 Å². The summed E-state index contributed by atoms with van der Waals surface area (Å²) in [5, 5.41) is 0.